The molecule has 2 N–H and O–H groups in total. The second-order valence-electron chi connectivity index (χ2n) is 4.56. The number of rotatable bonds is 7. The number of ether oxygens (including phenoxy) is 1. The Hall–Kier alpha value is -2.04. The molecule has 1 rings (SSSR count). The van der Waals surface area contributed by atoms with E-state index in [0.29, 0.717) is 12.3 Å². The molecule has 0 aliphatic carbocycles. The zero-order chi connectivity index (χ0) is 14.3. The molecular formula is C14H19NO4. The van der Waals surface area contributed by atoms with E-state index < -0.39 is 5.97 Å². The van der Waals surface area contributed by atoms with Crippen molar-refractivity contribution >= 4 is 11.9 Å². The molecule has 104 valence electrons. The fraction of sp³-hybridized carbons (Fsp3) is 0.429. The van der Waals surface area contributed by atoms with Crippen molar-refractivity contribution in [1.29, 1.82) is 0 Å². The van der Waals surface area contributed by atoms with Gasteiger partial charge in [-0.25, -0.2) is 0 Å². The van der Waals surface area contributed by atoms with E-state index in [9.17, 15) is 9.59 Å². The van der Waals surface area contributed by atoms with Crippen LogP contribution in [0.15, 0.2) is 24.3 Å². The molecule has 0 spiro atoms. The Labute approximate surface area is 112 Å². The Morgan fingerprint density at radius 2 is 2.05 bits per heavy atom. The van der Waals surface area contributed by atoms with Gasteiger partial charge < -0.3 is 15.2 Å². The average molecular weight is 265 g/mol. The summed E-state index contributed by atoms with van der Waals surface area (Å²) in [5.74, 6) is -0.533. The number of hydrogen-bond donors (Lipinski definition) is 2. The molecule has 1 amide bonds. The Morgan fingerprint density at radius 3 is 2.68 bits per heavy atom. The van der Waals surface area contributed by atoms with Crippen LogP contribution in [0.25, 0.3) is 0 Å². The van der Waals surface area contributed by atoms with Gasteiger partial charge >= 0.3 is 5.97 Å². The number of benzene rings is 1. The molecule has 19 heavy (non-hydrogen) atoms. The summed E-state index contributed by atoms with van der Waals surface area (Å²) < 4.78 is 5.38. The highest BCUT2D eigenvalue weighted by Gasteiger charge is 2.10. The first-order valence-corrected chi connectivity index (χ1v) is 6.16. The van der Waals surface area contributed by atoms with Gasteiger partial charge in [0.05, 0.1) is 0 Å². The molecule has 0 bridgehead atoms. The number of amides is 1. The summed E-state index contributed by atoms with van der Waals surface area (Å²) in [4.78, 5) is 22.0. The highest BCUT2D eigenvalue weighted by molar-refractivity contribution is 5.77. The third-order valence-corrected chi connectivity index (χ3v) is 2.62. The van der Waals surface area contributed by atoms with Gasteiger partial charge in [-0.15, -0.1) is 0 Å². The van der Waals surface area contributed by atoms with E-state index >= 15 is 0 Å². The number of aliphatic carboxylic acids is 1. The molecule has 0 aliphatic rings. The van der Waals surface area contributed by atoms with Crippen LogP contribution < -0.4 is 10.1 Å². The van der Waals surface area contributed by atoms with Gasteiger partial charge in [0.25, 0.3) is 5.91 Å². The normalized spacial score (nSPS) is 11.7. The number of carbonyl (C=O) groups excluding carboxylic acids is 1. The summed E-state index contributed by atoms with van der Waals surface area (Å²) in [6, 6.07) is 7.45. The first-order chi connectivity index (χ1) is 8.99. The van der Waals surface area contributed by atoms with Gasteiger partial charge in [-0.3, -0.25) is 9.59 Å². The number of aryl methyl sites for hydroxylation is 1. The van der Waals surface area contributed by atoms with Crippen molar-refractivity contribution in [2.24, 2.45) is 5.92 Å². The molecule has 5 heteroatoms. The van der Waals surface area contributed by atoms with Gasteiger partial charge in [0.2, 0.25) is 0 Å². The summed E-state index contributed by atoms with van der Waals surface area (Å²) in [5.41, 5.74) is 0.967. The van der Waals surface area contributed by atoms with Crippen molar-refractivity contribution in [3.8, 4) is 5.75 Å². The van der Waals surface area contributed by atoms with Gasteiger partial charge in [0, 0.05) is 13.0 Å². The Balaban J connectivity index is 2.29. The van der Waals surface area contributed by atoms with Crippen LogP contribution in [0, 0.1) is 12.8 Å². The smallest absolute Gasteiger partial charge is 0.303 e. The lowest BCUT2D eigenvalue weighted by Gasteiger charge is -2.12. The topological polar surface area (TPSA) is 75.6 Å². The van der Waals surface area contributed by atoms with E-state index in [4.69, 9.17) is 9.84 Å². The molecule has 1 unspecified atom stereocenters. The van der Waals surface area contributed by atoms with Crippen molar-refractivity contribution in [3.05, 3.63) is 29.8 Å². The van der Waals surface area contributed by atoms with Crippen molar-refractivity contribution < 1.29 is 19.4 Å². The molecule has 0 aromatic heterocycles. The lowest BCUT2D eigenvalue weighted by molar-refractivity contribution is -0.138. The van der Waals surface area contributed by atoms with Gasteiger partial charge in [-0.2, -0.15) is 0 Å². The summed E-state index contributed by atoms with van der Waals surface area (Å²) >= 11 is 0. The molecule has 1 atom stereocenters. The maximum atomic E-state index is 11.5. The van der Waals surface area contributed by atoms with E-state index in [-0.39, 0.29) is 24.9 Å². The minimum atomic E-state index is -0.863. The molecule has 0 saturated carbocycles. The molecule has 1 aromatic carbocycles. The predicted octanol–water partition coefficient (Wildman–Crippen LogP) is 1.60. The first-order valence-electron chi connectivity index (χ1n) is 6.16. The second kappa shape index (κ2) is 7.41. The lowest BCUT2D eigenvalue weighted by atomic mass is 10.1. The summed E-state index contributed by atoms with van der Waals surface area (Å²) in [6.07, 6.45) is 0.0406. The highest BCUT2D eigenvalue weighted by atomic mass is 16.5. The zero-order valence-corrected chi connectivity index (χ0v) is 11.2. The van der Waals surface area contributed by atoms with Crippen LogP contribution in [0.1, 0.15) is 18.9 Å². The van der Waals surface area contributed by atoms with Crippen molar-refractivity contribution in [1.82, 2.24) is 5.32 Å². The molecule has 0 fully saturated rings. The maximum Gasteiger partial charge on any atom is 0.303 e. The van der Waals surface area contributed by atoms with E-state index in [1.807, 2.05) is 25.1 Å². The van der Waals surface area contributed by atoms with E-state index in [0.717, 1.165) is 5.56 Å². The minimum absolute atomic E-state index is 0.0406. The van der Waals surface area contributed by atoms with Gasteiger partial charge in [0.15, 0.2) is 6.61 Å². The molecular weight excluding hydrogens is 246 g/mol. The quantitative estimate of drug-likeness (QED) is 0.785. The predicted molar refractivity (Wildman–Crippen MR) is 71.1 cm³/mol. The van der Waals surface area contributed by atoms with Crippen LogP contribution in [-0.4, -0.2) is 30.1 Å². The standard InChI is InChI=1S/C14H19NO4/c1-10(7-14(17)18)8-15-13(16)9-19-12-6-4-3-5-11(12)2/h3-6,10H,7-9H2,1-2H3,(H,15,16)(H,17,18). The molecule has 5 nitrogen and oxygen atoms in total. The van der Waals surface area contributed by atoms with Crippen molar-refractivity contribution in [2.45, 2.75) is 20.3 Å². The molecule has 0 saturated heterocycles. The highest BCUT2D eigenvalue weighted by Crippen LogP contribution is 2.15. The van der Waals surface area contributed by atoms with Gasteiger partial charge in [-0.05, 0) is 24.5 Å². The second-order valence-corrected chi connectivity index (χ2v) is 4.56. The third kappa shape index (κ3) is 5.90. The minimum Gasteiger partial charge on any atom is -0.484 e. The monoisotopic (exact) mass is 265 g/mol. The summed E-state index contributed by atoms with van der Waals surface area (Å²) in [5, 5.41) is 11.2. The van der Waals surface area contributed by atoms with Crippen molar-refractivity contribution in [3.63, 3.8) is 0 Å². The molecule has 0 radical (unpaired) electrons. The Kier molecular flexibility index (Phi) is 5.85. The number of hydrogen-bond acceptors (Lipinski definition) is 3. The first kappa shape index (κ1) is 15.0. The fourth-order valence-corrected chi connectivity index (χ4v) is 1.57. The Morgan fingerprint density at radius 1 is 1.37 bits per heavy atom. The largest absolute Gasteiger partial charge is 0.484 e. The number of carboxylic acid groups (broad SMARTS) is 1. The number of nitrogens with one attached hydrogen (secondary N) is 1. The summed E-state index contributed by atoms with van der Waals surface area (Å²) in [7, 11) is 0. The van der Waals surface area contributed by atoms with E-state index in [1.54, 1.807) is 13.0 Å². The van der Waals surface area contributed by atoms with Crippen LogP contribution in [0.4, 0.5) is 0 Å². The van der Waals surface area contributed by atoms with E-state index in [1.165, 1.54) is 0 Å². The van der Waals surface area contributed by atoms with Crippen LogP contribution in [0.2, 0.25) is 0 Å². The van der Waals surface area contributed by atoms with Gasteiger partial charge in [-0.1, -0.05) is 25.1 Å². The fourth-order valence-electron chi connectivity index (χ4n) is 1.57. The van der Waals surface area contributed by atoms with Crippen LogP contribution in [0.3, 0.4) is 0 Å². The maximum absolute atomic E-state index is 11.5. The van der Waals surface area contributed by atoms with E-state index in [2.05, 4.69) is 5.32 Å². The number of carbonyl (C=O) groups is 2. The van der Waals surface area contributed by atoms with Gasteiger partial charge in [0.1, 0.15) is 5.75 Å². The van der Waals surface area contributed by atoms with Crippen LogP contribution in [-0.2, 0) is 9.59 Å². The molecule has 1 aromatic rings. The summed E-state index contributed by atoms with van der Waals surface area (Å²) in [6.45, 7) is 3.95. The molecule has 0 heterocycles. The lowest BCUT2D eigenvalue weighted by Crippen LogP contribution is -2.33. The molecule has 0 aliphatic heterocycles. The number of para-hydroxylation sites is 1. The average Bonchev–Trinajstić information content (AvgIpc) is 2.34. The van der Waals surface area contributed by atoms with Crippen molar-refractivity contribution in [2.75, 3.05) is 13.2 Å². The van der Waals surface area contributed by atoms with Crippen LogP contribution >= 0.6 is 0 Å². The SMILES string of the molecule is Cc1ccccc1OCC(=O)NCC(C)CC(=O)O. The van der Waals surface area contributed by atoms with Crippen LogP contribution in [0.5, 0.6) is 5.75 Å². The third-order valence-electron chi connectivity index (χ3n) is 2.62. The Bertz CT molecular complexity index is 445. The number of carboxylic acids is 1. The zero-order valence-electron chi connectivity index (χ0n) is 11.2.